The van der Waals surface area contributed by atoms with Gasteiger partial charge in [0, 0.05) is 180 Å². The average molecular weight is 1770 g/mol. The Bertz CT molecular complexity index is 9470. The van der Waals surface area contributed by atoms with E-state index in [1.807, 2.05) is 300 Å². The Morgan fingerprint density at radius 3 is 0.632 bits per heavy atom. The minimum absolute atomic E-state index is 0.0743. The summed E-state index contributed by atoms with van der Waals surface area (Å²) in [6.45, 7) is 0. The summed E-state index contributed by atoms with van der Waals surface area (Å²) in [6, 6.07) is 73.2. The van der Waals surface area contributed by atoms with E-state index in [0.29, 0.717) is 142 Å². The Morgan fingerprint density at radius 2 is 0.360 bits per heavy atom. The van der Waals surface area contributed by atoms with E-state index in [-0.39, 0.29) is 32.6 Å². The summed E-state index contributed by atoms with van der Waals surface area (Å²) in [7, 11) is 11.5. The Labute approximate surface area is 762 Å². The minimum atomic E-state index is -0.102. The number of nitrogens with zero attached hydrogens (tertiary/aromatic N) is 20. The number of pyridine rings is 8. The molecule has 0 aliphatic heterocycles. The van der Waals surface area contributed by atoms with Crippen LogP contribution in [0.3, 0.4) is 0 Å². The summed E-state index contributed by atoms with van der Waals surface area (Å²) >= 11 is 0. The third-order valence-corrected chi connectivity index (χ3v) is 26.7. The second-order valence-corrected chi connectivity index (χ2v) is 34.1. The highest BCUT2D eigenvalue weighted by atomic mass is 16.6. The standard InChI is InChI=1S/C38H24N6O2.C36H22N8O2.C34H20N6O4/c1-43-33-9-5-21(23-3-7-29-31(17-23)41-13-11-39-29)15-25(33)37(45)27-20-36-28(19-35(27)43)38(46)26-16-22(6-10-34(26)44(36)2)24-4-8-30-32(18-24)42-14-12-40-30;1-43-29-5-3-19(21-13-27-35(41-17-21)39-9-7-37-27)11-23(29)33(45)25-16-32-26(15-31(25)43)34(46)24-12-20(4-6-30(24)44(32)2)22-14-28-36(42-18-22)40-10-8-38-28;1-39-29-9-5-17(19-3-7-25-27(13-19)37-43-35-25)11-21(29)33(41)23-16-32-24(15-31(23)39)34(42)22-12-18(6-10-30(22)40(32)2)20-4-8-26-28(14-20)38-44-36-26/h3-20H,1-2H3;3-18H,1-2H3;3-16H,1-2H3. The molecule has 27 aromatic rings. The van der Waals surface area contributed by atoms with Gasteiger partial charge in [-0.15, -0.1) is 0 Å². The van der Waals surface area contributed by atoms with Gasteiger partial charge in [-0.25, -0.2) is 29.2 Å². The van der Waals surface area contributed by atoms with Gasteiger partial charge in [0.2, 0.25) is 0 Å². The number of rotatable bonds is 6. The van der Waals surface area contributed by atoms with Gasteiger partial charge in [0.15, 0.2) is 43.9 Å². The van der Waals surface area contributed by atoms with E-state index in [9.17, 15) is 28.8 Å². The monoisotopic (exact) mass is 1770 g/mol. The molecule has 0 aliphatic carbocycles. The fourth-order valence-electron chi connectivity index (χ4n) is 19.5. The zero-order valence-electron chi connectivity index (χ0n) is 72.9. The van der Waals surface area contributed by atoms with Crippen LogP contribution in [0.1, 0.15) is 0 Å². The fourth-order valence-corrected chi connectivity index (χ4v) is 19.5. The normalized spacial score (nSPS) is 11.9. The van der Waals surface area contributed by atoms with Gasteiger partial charge in [0.1, 0.15) is 33.1 Å². The molecule has 14 heterocycles. The summed E-state index contributed by atoms with van der Waals surface area (Å²) in [5.74, 6) is 0. The first-order valence-corrected chi connectivity index (χ1v) is 43.4. The molecule has 0 amide bonds. The number of benzene rings is 13. The van der Waals surface area contributed by atoms with Crippen molar-refractivity contribution in [2.75, 3.05) is 0 Å². The topological polar surface area (TPSA) is 339 Å². The number of aryl methyl sites for hydroxylation is 6. The predicted molar refractivity (Wildman–Crippen MR) is 532 cm³/mol. The van der Waals surface area contributed by atoms with E-state index < -0.39 is 0 Å². The van der Waals surface area contributed by atoms with Crippen molar-refractivity contribution in [1.29, 1.82) is 0 Å². The van der Waals surface area contributed by atoms with Crippen LogP contribution in [0.4, 0.5) is 0 Å². The van der Waals surface area contributed by atoms with E-state index in [0.717, 1.165) is 122 Å². The van der Waals surface area contributed by atoms with Crippen molar-refractivity contribution in [3.63, 3.8) is 0 Å². The van der Waals surface area contributed by atoms with Crippen molar-refractivity contribution in [3.8, 4) is 66.8 Å². The Morgan fingerprint density at radius 1 is 0.169 bits per heavy atom. The lowest BCUT2D eigenvalue weighted by Crippen LogP contribution is -2.13. The molecule has 0 atom stereocenters. The smallest absolute Gasteiger partial charge is 0.197 e. The van der Waals surface area contributed by atoms with Crippen molar-refractivity contribution >= 4 is 197 Å². The molecule has 14 aromatic heterocycles. The summed E-state index contributed by atoms with van der Waals surface area (Å²) in [5.41, 5.74) is 27.4. The molecule has 0 fully saturated rings. The van der Waals surface area contributed by atoms with Gasteiger partial charge in [0.25, 0.3) is 0 Å². The third-order valence-electron chi connectivity index (χ3n) is 26.7. The number of hydrogen-bond acceptors (Lipinski definition) is 22. The van der Waals surface area contributed by atoms with Gasteiger partial charge >= 0.3 is 0 Å². The van der Waals surface area contributed by atoms with Gasteiger partial charge in [-0.1, -0.05) is 60.7 Å². The number of hydrogen-bond donors (Lipinski definition) is 0. The van der Waals surface area contributed by atoms with Crippen LogP contribution in [0.2, 0.25) is 0 Å². The highest BCUT2D eigenvalue weighted by Crippen LogP contribution is 2.38. The number of aromatic nitrogens is 20. The summed E-state index contributed by atoms with van der Waals surface area (Å²) in [4.78, 5) is 128. The molecule has 0 unspecified atom stereocenters. The maximum absolute atomic E-state index is 14.1. The van der Waals surface area contributed by atoms with Gasteiger partial charge in [0.05, 0.1) is 88.3 Å². The highest BCUT2D eigenvalue weighted by Gasteiger charge is 2.24. The molecule has 0 N–H and O–H groups in total. The first-order valence-electron chi connectivity index (χ1n) is 43.4. The first-order chi connectivity index (χ1) is 66.3. The lowest BCUT2D eigenvalue weighted by atomic mass is 9.99. The van der Waals surface area contributed by atoms with E-state index in [1.54, 1.807) is 62.0 Å². The molecule has 13 aromatic carbocycles. The number of fused-ring (bicyclic) bond motifs is 18. The largest absolute Gasteiger partial charge is 0.343 e. The predicted octanol–water partition coefficient (Wildman–Crippen LogP) is 18.7. The second-order valence-electron chi connectivity index (χ2n) is 34.1. The summed E-state index contributed by atoms with van der Waals surface area (Å²) in [5, 5.41) is 22.5. The van der Waals surface area contributed by atoms with E-state index in [4.69, 9.17) is 9.26 Å². The quantitative estimate of drug-likeness (QED) is 0.140. The Hall–Kier alpha value is -18.9. The first kappa shape index (κ1) is 79.3. The molecule has 0 spiro atoms. The fraction of sp³-hybridized carbons (Fsp3) is 0.0556. The molecule has 646 valence electrons. The van der Waals surface area contributed by atoms with Crippen LogP contribution in [-0.4, -0.2) is 97.9 Å². The van der Waals surface area contributed by atoms with Crippen molar-refractivity contribution in [3.05, 3.63) is 354 Å². The molecule has 28 nitrogen and oxygen atoms in total. The molecule has 28 heteroatoms. The maximum Gasteiger partial charge on any atom is 0.197 e. The van der Waals surface area contributed by atoms with Crippen LogP contribution in [0.5, 0.6) is 0 Å². The molecular formula is C108H66N20O8. The highest BCUT2D eigenvalue weighted by molar-refractivity contribution is 6.10. The second kappa shape index (κ2) is 30.4. The summed E-state index contributed by atoms with van der Waals surface area (Å²) in [6.07, 6.45) is 16.7. The van der Waals surface area contributed by atoms with Crippen molar-refractivity contribution < 1.29 is 9.26 Å². The van der Waals surface area contributed by atoms with Gasteiger partial charge in [-0.05, 0) is 246 Å². The molecule has 0 bridgehead atoms. The maximum atomic E-state index is 14.1. The minimum Gasteiger partial charge on any atom is -0.343 e. The van der Waals surface area contributed by atoms with E-state index >= 15 is 0 Å². The van der Waals surface area contributed by atoms with Crippen molar-refractivity contribution in [2.24, 2.45) is 42.3 Å². The van der Waals surface area contributed by atoms with Crippen LogP contribution in [0, 0.1) is 0 Å². The molecular weight excluding hydrogens is 1710 g/mol. The van der Waals surface area contributed by atoms with Crippen LogP contribution < -0.4 is 32.6 Å². The van der Waals surface area contributed by atoms with Crippen LogP contribution in [0.15, 0.2) is 331 Å². The lowest BCUT2D eigenvalue weighted by Gasteiger charge is -2.16. The molecule has 0 aliphatic rings. The zero-order chi connectivity index (χ0) is 91.9. The lowest BCUT2D eigenvalue weighted by molar-refractivity contribution is 0.315. The third kappa shape index (κ3) is 12.6. The van der Waals surface area contributed by atoms with Crippen LogP contribution in [0.25, 0.3) is 264 Å². The van der Waals surface area contributed by atoms with Crippen LogP contribution in [-0.2, 0) is 42.3 Å². The zero-order valence-corrected chi connectivity index (χ0v) is 72.9. The van der Waals surface area contributed by atoms with Gasteiger partial charge in [-0.3, -0.25) is 58.7 Å². The summed E-state index contributed by atoms with van der Waals surface area (Å²) < 4.78 is 21.6. The van der Waals surface area contributed by atoms with E-state index in [2.05, 4.69) is 70.5 Å². The molecule has 27 rings (SSSR count). The van der Waals surface area contributed by atoms with Crippen LogP contribution >= 0.6 is 0 Å². The average Bonchev–Trinajstić information content (AvgIpc) is 0.759. The molecule has 0 radical (unpaired) electrons. The van der Waals surface area contributed by atoms with Gasteiger partial charge in [-0.2, -0.15) is 0 Å². The van der Waals surface area contributed by atoms with Gasteiger partial charge < -0.3 is 27.4 Å². The SMILES string of the molecule is Cn1c2ccc(-c3ccc4nccnc4c3)cc2c(=O)c2cc3c(cc21)c(=O)c1cc(-c2ccc4nccnc4c2)ccc1n3C.Cn1c2ccc(-c3ccc4nonc4c3)cc2c(=O)c2cc3c(cc21)c(=O)c1cc(-c2ccc4nonc4c2)ccc1n3C.Cn1c2ccc(-c3cnc4nccnc4c3)cc2c(=O)c2cc3c(cc21)c(=O)c1cc(-c2cnc4nccnc4c2)ccc1n3C. The van der Waals surface area contributed by atoms with E-state index in [1.165, 1.54) is 0 Å². The molecule has 0 saturated heterocycles. The Balaban J connectivity index is 0.000000109. The van der Waals surface area contributed by atoms with Crippen molar-refractivity contribution in [1.82, 2.24) is 97.9 Å². The molecule has 0 saturated carbocycles. The molecule has 136 heavy (non-hydrogen) atoms. The van der Waals surface area contributed by atoms with Crippen molar-refractivity contribution in [2.45, 2.75) is 0 Å². The Kier molecular flexibility index (Phi) is 17.7.